The third-order valence-electron chi connectivity index (χ3n) is 7.16. The minimum atomic E-state index is -2.69. The van der Waals surface area contributed by atoms with Crippen LogP contribution in [0.2, 0.25) is 0 Å². The fourth-order valence-electron chi connectivity index (χ4n) is 5.06. The highest BCUT2D eigenvalue weighted by atomic mass is 19.3. The maximum Gasteiger partial charge on any atom is 0.270 e. The van der Waals surface area contributed by atoms with Crippen molar-refractivity contribution in [3.05, 3.63) is 59.6 Å². The Hall–Kier alpha value is -3.76. The van der Waals surface area contributed by atoms with Crippen LogP contribution in [-0.4, -0.2) is 44.0 Å². The van der Waals surface area contributed by atoms with Gasteiger partial charge in [0.25, 0.3) is 12.3 Å². The molecule has 2 N–H and O–H groups in total. The van der Waals surface area contributed by atoms with Crippen molar-refractivity contribution in [2.24, 2.45) is 17.8 Å². The van der Waals surface area contributed by atoms with Gasteiger partial charge in [0.1, 0.15) is 24.1 Å². The number of rotatable bonds is 10. The topological polar surface area (TPSA) is 102 Å². The predicted octanol–water partition coefficient (Wildman–Crippen LogP) is 4.53. The van der Waals surface area contributed by atoms with Gasteiger partial charge in [-0.1, -0.05) is 0 Å². The Morgan fingerprint density at radius 1 is 1.08 bits per heavy atom. The SMILES string of the molecule is Cc1cnc(C)c(-c2ccc(NC(=O)[C@@H](NC(=O)c3ccnn3CC(F)F)C(C3CC3)C3CC3)nc2F)c1. The second-order valence-corrected chi connectivity index (χ2v) is 10.2. The predicted molar refractivity (Wildman–Crippen MR) is 134 cm³/mol. The number of nitrogens with zero attached hydrogens (tertiary/aromatic N) is 4. The number of carbonyl (C=O) groups excluding carboxylic acids is 2. The van der Waals surface area contributed by atoms with Crippen LogP contribution in [0.25, 0.3) is 11.1 Å². The number of hydrogen-bond donors (Lipinski definition) is 2. The van der Waals surface area contributed by atoms with E-state index >= 15 is 4.39 Å². The number of nitrogens with one attached hydrogen (secondary N) is 2. The largest absolute Gasteiger partial charge is 0.339 e. The molecule has 1 atom stereocenters. The lowest BCUT2D eigenvalue weighted by Crippen LogP contribution is -2.50. The Kier molecular flexibility index (Phi) is 7.18. The Morgan fingerprint density at radius 3 is 2.42 bits per heavy atom. The molecule has 8 nitrogen and oxygen atoms in total. The molecule has 0 radical (unpaired) electrons. The van der Waals surface area contributed by atoms with E-state index in [0.717, 1.165) is 35.9 Å². The highest BCUT2D eigenvalue weighted by molar-refractivity contribution is 6.00. The third kappa shape index (κ3) is 5.71. The molecule has 5 rings (SSSR count). The zero-order valence-corrected chi connectivity index (χ0v) is 21.1. The molecule has 11 heteroatoms. The van der Waals surface area contributed by atoms with Gasteiger partial charge in [0.05, 0.1) is 0 Å². The summed E-state index contributed by atoms with van der Waals surface area (Å²) in [5.74, 6) is -1.45. The van der Waals surface area contributed by atoms with Crippen LogP contribution in [0.4, 0.5) is 19.0 Å². The summed E-state index contributed by atoms with van der Waals surface area (Å²) in [7, 11) is 0. The number of alkyl halides is 2. The van der Waals surface area contributed by atoms with Gasteiger partial charge < -0.3 is 10.6 Å². The molecule has 0 aromatic carbocycles. The number of aromatic nitrogens is 4. The normalized spacial score (nSPS) is 16.1. The molecule has 0 unspecified atom stereocenters. The van der Waals surface area contributed by atoms with E-state index in [4.69, 9.17) is 0 Å². The molecule has 0 saturated heterocycles. The van der Waals surface area contributed by atoms with E-state index in [-0.39, 0.29) is 34.8 Å². The van der Waals surface area contributed by atoms with E-state index < -0.39 is 36.8 Å². The first-order valence-electron chi connectivity index (χ1n) is 12.7. The minimum absolute atomic E-state index is 0.0156. The molecule has 0 aliphatic heterocycles. The number of anilines is 1. The van der Waals surface area contributed by atoms with Gasteiger partial charge >= 0.3 is 0 Å². The van der Waals surface area contributed by atoms with Crippen molar-refractivity contribution in [1.82, 2.24) is 25.1 Å². The van der Waals surface area contributed by atoms with Gasteiger partial charge in [-0.05, 0) is 87.1 Å². The fraction of sp³-hybridized carbons (Fsp3) is 0.444. The van der Waals surface area contributed by atoms with Crippen LogP contribution in [0.5, 0.6) is 0 Å². The molecule has 2 aliphatic rings. The van der Waals surface area contributed by atoms with Crippen molar-refractivity contribution < 1.29 is 22.8 Å². The van der Waals surface area contributed by atoms with Gasteiger partial charge in [0.15, 0.2) is 0 Å². The molecule has 200 valence electrons. The van der Waals surface area contributed by atoms with E-state index in [1.165, 1.54) is 24.4 Å². The lowest BCUT2D eigenvalue weighted by molar-refractivity contribution is -0.119. The van der Waals surface area contributed by atoms with Gasteiger partial charge in [0, 0.05) is 29.2 Å². The molecular weight excluding hydrogens is 497 g/mol. The Balaban J connectivity index is 1.38. The van der Waals surface area contributed by atoms with Gasteiger partial charge in [-0.3, -0.25) is 19.3 Å². The summed E-state index contributed by atoms with van der Waals surface area (Å²) < 4.78 is 41.9. The number of pyridine rings is 2. The average molecular weight is 527 g/mol. The van der Waals surface area contributed by atoms with Crippen LogP contribution in [-0.2, 0) is 11.3 Å². The minimum Gasteiger partial charge on any atom is -0.339 e. The van der Waals surface area contributed by atoms with Gasteiger partial charge in [-0.2, -0.15) is 9.49 Å². The number of hydrogen-bond acceptors (Lipinski definition) is 5. The first-order valence-corrected chi connectivity index (χ1v) is 12.7. The van der Waals surface area contributed by atoms with Crippen molar-refractivity contribution in [2.75, 3.05) is 5.32 Å². The molecule has 2 aliphatic carbocycles. The quantitative estimate of drug-likeness (QED) is 0.378. The van der Waals surface area contributed by atoms with Crippen LogP contribution >= 0.6 is 0 Å². The summed E-state index contributed by atoms with van der Waals surface area (Å²) in [6.45, 7) is 2.91. The fourth-order valence-corrected chi connectivity index (χ4v) is 5.06. The van der Waals surface area contributed by atoms with Gasteiger partial charge in [-0.25, -0.2) is 13.8 Å². The molecule has 2 fully saturated rings. The lowest BCUT2D eigenvalue weighted by atomic mass is 9.88. The van der Waals surface area contributed by atoms with Gasteiger partial charge in [-0.15, -0.1) is 0 Å². The molecule has 0 spiro atoms. The monoisotopic (exact) mass is 526 g/mol. The average Bonchev–Trinajstić information content (AvgIpc) is 3.80. The number of amides is 2. The summed E-state index contributed by atoms with van der Waals surface area (Å²) in [6, 6.07) is 5.29. The zero-order valence-electron chi connectivity index (χ0n) is 21.1. The van der Waals surface area contributed by atoms with Crippen molar-refractivity contribution in [3.63, 3.8) is 0 Å². The summed E-state index contributed by atoms with van der Waals surface area (Å²) >= 11 is 0. The molecule has 38 heavy (non-hydrogen) atoms. The summed E-state index contributed by atoms with van der Waals surface area (Å²) in [5, 5.41) is 9.25. The Labute approximate surface area is 218 Å². The summed E-state index contributed by atoms with van der Waals surface area (Å²) in [6.07, 6.45) is 4.10. The Morgan fingerprint density at radius 2 is 1.79 bits per heavy atom. The van der Waals surface area contributed by atoms with E-state index in [9.17, 15) is 18.4 Å². The maximum atomic E-state index is 15.0. The van der Waals surface area contributed by atoms with Crippen molar-refractivity contribution >= 4 is 17.6 Å². The van der Waals surface area contributed by atoms with Crippen molar-refractivity contribution in [2.45, 2.75) is 58.5 Å². The second-order valence-electron chi connectivity index (χ2n) is 10.2. The van der Waals surface area contributed by atoms with Crippen LogP contribution in [0.1, 0.15) is 47.4 Å². The molecule has 0 bridgehead atoms. The van der Waals surface area contributed by atoms with E-state index in [1.54, 1.807) is 13.1 Å². The van der Waals surface area contributed by atoms with Crippen LogP contribution < -0.4 is 10.6 Å². The first kappa shape index (κ1) is 25.9. The van der Waals surface area contributed by atoms with Crippen LogP contribution in [0.15, 0.2) is 36.7 Å². The molecule has 3 aromatic heterocycles. The molecular formula is C27H29F3N6O2. The number of aryl methyl sites for hydroxylation is 2. The number of halogens is 3. The summed E-state index contributed by atoms with van der Waals surface area (Å²) in [5.41, 5.74) is 2.36. The second kappa shape index (κ2) is 10.5. The molecule has 3 heterocycles. The van der Waals surface area contributed by atoms with Crippen LogP contribution in [0.3, 0.4) is 0 Å². The van der Waals surface area contributed by atoms with Crippen molar-refractivity contribution in [3.8, 4) is 11.1 Å². The van der Waals surface area contributed by atoms with Gasteiger partial charge in [0.2, 0.25) is 11.9 Å². The third-order valence-corrected chi connectivity index (χ3v) is 7.16. The van der Waals surface area contributed by atoms with Crippen molar-refractivity contribution in [1.29, 1.82) is 0 Å². The van der Waals surface area contributed by atoms with E-state index in [2.05, 4.69) is 25.7 Å². The smallest absolute Gasteiger partial charge is 0.270 e. The highest BCUT2D eigenvalue weighted by Gasteiger charge is 2.48. The summed E-state index contributed by atoms with van der Waals surface area (Å²) in [4.78, 5) is 34.8. The molecule has 2 amide bonds. The standard InChI is InChI=1S/C27H29F3N6O2/c1-14-11-19(15(2)31-12-14)18-7-8-22(33-25(18)30)34-27(38)24(23(16-3-4-16)17-5-6-17)35-26(37)20-9-10-32-36(20)13-21(28)29/h7-12,16-17,21,23-24H,3-6,13H2,1-2H3,(H,35,37)(H,33,34,38)/t24-/m0/s1. The van der Waals surface area contributed by atoms with E-state index in [1.807, 2.05) is 13.0 Å². The van der Waals surface area contributed by atoms with Crippen LogP contribution in [0, 0.1) is 37.5 Å². The Bertz CT molecular complexity index is 1340. The maximum absolute atomic E-state index is 15.0. The molecule has 2 saturated carbocycles. The first-order chi connectivity index (χ1) is 18.2. The highest BCUT2D eigenvalue weighted by Crippen LogP contribution is 2.51. The molecule has 3 aromatic rings. The van der Waals surface area contributed by atoms with E-state index in [0.29, 0.717) is 11.3 Å². The lowest BCUT2D eigenvalue weighted by Gasteiger charge is -2.27. The number of carbonyl (C=O) groups is 2. The zero-order chi connectivity index (χ0) is 27.0.